The van der Waals surface area contributed by atoms with Gasteiger partial charge in [0.1, 0.15) is 5.76 Å². The van der Waals surface area contributed by atoms with Crippen molar-refractivity contribution < 1.29 is 9.15 Å². The fourth-order valence-electron chi connectivity index (χ4n) is 2.54. The second-order valence-electron chi connectivity index (χ2n) is 5.48. The third-order valence-corrected chi connectivity index (χ3v) is 2.96. The van der Waals surface area contributed by atoms with Crippen molar-refractivity contribution >= 4 is 0 Å². The van der Waals surface area contributed by atoms with Gasteiger partial charge in [-0.3, -0.25) is 4.90 Å². The SMILES string of the molecule is CC1CN(Cc2cc(CN)co2)CC(C)(C)O1. The molecular weight excluding hydrogens is 216 g/mol. The first kappa shape index (κ1) is 12.6. The predicted molar refractivity (Wildman–Crippen MR) is 66.5 cm³/mol. The van der Waals surface area contributed by atoms with Gasteiger partial charge in [0, 0.05) is 25.2 Å². The van der Waals surface area contributed by atoms with E-state index >= 15 is 0 Å². The fourth-order valence-corrected chi connectivity index (χ4v) is 2.54. The molecule has 1 fully saturated rings. The lowest BCUT2D eigenvalue weighted by Gasteiger charge is -2.41. The Morgan fingerprint density at radius 2 is 2.29 bits per heavy atom. The minimum atomic E-state index is -0.0824. The van der Waals surface area contributed by atoms with Crippen LogP contribution in [0.25, 0.3) is 0 Å². The zero-order chi connectivity index (χ0) is 12.5. The summed E-state index contributed by atoms with van der Waals surface area (Å²) in [5.74, 6) is 0.982. The highest BCUT2D eigenvalue weighted by Gasteiger charge is 2.31. The molecule has 0 aromatic carbocycles. The van der Waals surface area contributed by atoms with Gasteiger partial charge in [-0.25, -0.2) is 0 Å². The van der Waals surface area contributed by atoms with Gasteiger partial charge in [0.2, 0.25) is 0 Å². The van der Waals surface area contributed by atoms with Crippen LogP contribution in [0.15, 0.2) is 16.7 Å². The molecular formula is C13H22N2O2. The monoisotopic (exact) mass is 238 g/mol. The summed E-state index contributed by atoms with van der Waals surface area (Å²) in [6.45, 7) is 9.61. The number of morpholine rings is 1. The molecule has 2 heterocycles. The molecule has 1 aromatic heterocycles. The number of nitrogens with zero attached hydrogens (tertiary/aromatic N) is 1. The maximum absolute atomic E-state index is 5.88. The van der Waals surface area contributed by atoms with Crippen LogP contribution in [-0.4, -0.2) is 29.7 Å². The molecule has 0 spiro atoms. The number of ether oxygens (including phenoxy) is 1. The smallest absolute Gasteiger partial charge is 0.118 e. The van der Waals surface area contributed by atoms with Crippen molar-refractivity contribution in [3.8, 4) is 0 Å². The van der Waals surface area contributed by atoms with E-state index in [1.807, 2.05) is 6.07 Å². The Balaban J connectivity index is 1.98. The Bertz CT molecular complexity index is 373. The van der Waals surface area contributed by atoms with Crippen molar-refractivity contribution in [1.29, 1.82) is 0 Å². The highest BCUT2D eigenvalue weighted by atomic mass is 16.5. The highest BCUT2D eigenvalue weighted by molar-refractivity contribution is 5.12. The van der Waals surface area contributed by atoms with E-state index < -0.39 is 0 Å². The van der Waals surface area contributed by atoms with Crippen molar-refractivity contribution in [2.75, 3.05) is 13.1 Å². The van der Waals surface area contributed by atoms with Gasteiger partial charge in [-0.2, -0.15) is 0 Å². The predicted octanol–water partition coefficient (Wildman–Crippen LogP) is 1.74. The lowest BCUT2D eigenvalue weighted by Crippen LogP contribution is -2.51. The molecule has 2 rings (SSSR count). The second kappa shape index (κ2) is 4.80. The lowest BCUT2D eigenvalue weighted by molar-refractivity contribution is -0.131. The first-order valence-electron chi connectivity index (χ1n) is 6.15. The molecule has 1 aromatic rings. The van der Waals surface area contributed by atoms with Crippen LogP contribution < -0.4 is 5.73 Å². The van der Waals surface area contributed by atoms with Crippen LogP contribution in [-0.2, 0) is 17.8 Å². The fraction of sp³-hybridized carbons (Fsp3) is 0.692. The maximum atomic E-state index is 5.88. The standard InChI is InChI=1S/C13H22N2O2/c1-10-6-15(9-13(2,3)17-10)7-12-4-11(5-14)8-16-12/h4,8,10H,5-7,9,14H2,1-3H3. The topological polar surface area (TPSA) is 51.6 Å². The lowest BCUT2D eigenvalue weighted by atomic mass is 10.1. The first-order valence-corrected chi connectivity index (χ1v) is 6.15. The van der Waals surface area contributed by atoms with Crippen LogP contribution in [0, 0.1) is 0 Å². The Hall–Kier alpha value is -0.840. The number of furan rings is 1. The van der Waals surface area contributed by atoms with Crippen LogP contribution in [0.4, 0.5) is 0 Å². The van der Waals surface area contributed by atoms with Gasteiger partial charge in [-0.15, -0.1) is 0 Å². The molecule has 0 saturated carbocycles. The number of nitrogens with two attached hydrogens (primary N) is 1. The Morgan fingerprint density at radius 3 is 2.88 bits per heavy atom. The molecule has 96 valence electrons. The van der Waals surface area contributed by atoms with Crippen molar-refractivity contribution in [3.05, 3.63) is 23.7 Å². The minimum absolute atomic E-state index is 0.0824. The van der Waals surface area contributed by atoms with Gasteiger partial charge in [0.15, 0.2) is 0 Å². The molecule has 1 atom stereocenters. The molecule has 1 unspecified atom stereocenters. The molecule has 1 aliphatic heterocycles. The molecule has 4 heteroatoms. The normalized spacial score (nSPS) is 25.1. The van der Waals surface area contributed by atoms with Crippen molar-refractivity contribution in [3.63, 3.8) is 0 Å². The molecule has 0 radical (unpaired) electrons. The summed E-state index contributed by atoms with van der Waals surface area (Å²) in [7, 11) is 0. The summed E-state index contributed by atoms with van der Waals surface area (Å²) in [4.78, 5) is 2.37. The summed E-state index contributed by atoms with van der Waals surface area (Å²) in [6.07, 6.45) is 2.01. The molecule has 1 aliphatic rings. The second-order valence-corrected chi connectivity index (χ2v) is 5.48. The summed E-state index contributed by atoms with van der Waals surface area (Å²) >= 11 is 0. The summed E-state index contributed by atoms with van der Waals surface area (Å²) in [6, 6.07) is 2.03. The number of hydrogen-bond donors (Lipinski definition) is 1. The van der Waals surface area contributed by atoms with E-state index in [0.717, 1.165) is 31.0 Å². The third kappa shape index (κ3) is 3.31. The molecule has 17 heavy (non-hydrogen) atoms. The zero-order valence-electron chi connectivity index (χ0n) is 10.9. The van der Waals surface area contributed by atoms with E-state index in [4.69, 9.17) is 14.9 Å². The first-order chi connectivity index (χ1) is 7.98. The van der Waals surface area contributed by atoms with Gasteiger partial charge in [-0.1, -0.05) is 0 Å². The highest BCUT2D eigenvalue weighted by Crippen LogP contribution is 2.22. The van der Waals surface area contributed by atoms with Crippen LogP contribution in [0.1, 0.15) is 32.1 Å². The summed E-state index contributed by atoms with van der Waals surface area (Å²) in [5.41, 5.74) is 6.54. The van der Waals surface area contributed by atoms with Gasteiger partial charge in [0.25, 0.3) is 0 Å². The van der Waals surface area contributed by atoms with Crippen molar-refractivity contribution in [1.82, 2.24) is 4.90 Å². The Morgan fingerprint density at radius 1 is 1.53 bits per heavy atom. The molecule has 0 aliphatic carbocycles. The van der Waals surface area contributed by atoms with E-state index in [-0.39, 0.29) is 11.7 Å². The van der Waals surface area contributed by atoms with E-state index in [0.29, 0.717) is 6.54 Å². The largest absolute Gasteiger partial charge is 0.468 e. The average Bonchev–Trinajstić information content (AvgIpc) is 2.62. The van der Waals surface area contributed by atoms with Gasteiger partial charge in [-0.05, 0) is 26.8 Å². The van der Waals surface area contributed by atoms with Crippen LogP contribution in [0.5, 0.6) is 0 Å². The zero-order valence-corrected chi connectivity index (χ0v) is 10.9. The third-order valence-electron chi connectivity index (χ3n) is 2.96. The maximum Gasteiger partial charge on any atom is 0.118 e. The molecule has 1 saturated heterocycles. The molecule has 0 amide bonds. The quantitative estimate of drug-likeness (QED) is 0.871. The molecule has 2 N–H and O–H groups in total. The van der Waals surface area contributed by atoms with Gasteiger partial charge in [0.05, 0.1) is 24.5 Å². The van der Waals surface area contributed by atoms with Crippen LogP contribution in [0.2, 0.25) is 0 Å². The van der Waals surface area contributed by atoms with Crippen LogP contribution in [0.3, 0.4) is 0 Å². The van der Waals surface area contributed by atoms with Crippen LogP contribution >= 0.6 is 0 Å². The van der Waals surface area contributed by atoms with Gasteiger partial charge < -0.3 is 14.9 Å². The van der Waals surface area contributed by atoms with E-state index in [2.05, 4.69) is 25.7 Å². The Kier molecular flexibility index (Phi) is 3.56. The minimum Gasteiger partial charge on any atom is -0.468 e. The number of hydrogen-bond acceptors (Lipinski definition) is 4. The number of rotatable bonds is 3. The van der Waals surface area contributed by atoms with Crippen molar-refractivity contribution in [2.45, 2.75) is 45.6 Å². The average molecular weight is 238 g/mol. The molecule has 4 nitrogen and oxygen atoms in total. The van der Waals surface area contributed by atoms with Gasteiger partial charge >= 0.3 is 0 Å². The van der Waals surface area contributed by atoms with Crippen molar-refractivity contribution in [2.24, 2.45) is 5.73 Å². The van der Waals surface area contributed by atoms with E-state index in [1.54, 1.807) is 6.26 Å². The molecule has 0 bridgehead atoms. The Labute approximate surface area is 103 Å². The summed E-state index contributed by atoms with van der Waals surface area (Å²) in [5, 5.41) is 0. The van der Waals surface area contributed by atoms with E-state index in [9.17, 15) is 0 Å². The van der Waals surface area contributed by atoms with E-state index in [1.165, 1.54) is 0 Å². The summed E-state index contributed by atoms with van der Waals surface area (Å²) < 4.78 is 11.4.